The fourth-order valence-corrected chi connectivity index (χ4v) is 2.76. The van der Waals surface area contributed by atoms with E-state index < -0.39 is 0 Å². The van der Waals surface area contributed by atoms with Gasteiger partial charge in [0.25, 0.3) is 0 Å². The first-order valence-electron chi connectivity index (χ1n) is 7.75. The van der Waals surface area contributed by atoms with E-state index >= 15 is 0 Å². The molecule has 2 N–H and O–H groups in total. The number of anilines is 2. The van der Waals surface area contributed by atoms with Crippen molar-refractivity contribution in [2.75, 3.05) is 37.9 Å². The van der Waals surface area contributed by atoms with Gasteiger partial charge in [-0.05, 0) is 25.0 Å². The van der Waals surface area contributed by atoms with E-state index in [4.69, 9.17) is 9.47 Å². The Balaban J connectivity index is 1.65. The monoisotopic (exact) mass is 314 g/mol. The van der Waals surface area contributed by atoms with Crippen LogP contribution in [0.2, 0.25) is 0 Å². The molecule has 0 fully saturated rings. The number of hydrogen-bond acceptors (Lipinski definition) is 6. The summed E-state index contributed by atoms with van der Waals surface area (Å²) < 4.78 is 11.2. The average Bonchev–Trinajstić information content (AvgIpc) is 2.58. The highest BCUT2D eigenvalue weighted by Gasteiger charge is 2.22. The molecule has 1 aromatic carbocycles. The van der Waals surface area contributed by atoms with Gasteiger partial charge in [0.2, 0.25) is 5.95 Å². The van der Waals surface area contributed by atoms with Gasteiger partial charge in [0.05, 0.1) is 13.7 Å². The summed E-state index contributed by atoms with van der Waals surface area (Å²) in [4.78, 5) is 8.83. The molecule has 0 radical (unpaired) electrons. The van der Waals surface area contributed by atoms with Gasteiger partial charge in [0.15, 0.2) is 11.5 Å². The number of benzene rings is 1. The first kappa shape index (κ1) is 15.4. The zero-order valence-electron chi connectivity index (χ0n) is 13.7. The fraction of sp³-hybridized carbons (Fsp3) is 0.412. The van der Waals surface area contributed by atoms with Crippen molar-refractivity contribution in [1.29, 1.82) is 0 Å². The number of para-hydroxylation sites is 1. The molecular formula is C17H22N4O2. The molecule has 2 aromatic rings. The predicted octanol–water partition coefficient (Wildman–Crippen LogP) is 2.50. The van der Waals surface area contributed by atoms with E-state index in [0.717, 1.165) is 36.0 Å². The largest absolute Gasteiger partial charge is 0.493 e. The van der Waals surface area contributed by atoms with Crippen molar-refractivity contribution >= 4 is 11.8 Å². The van der Waals surface area contributed by atoms with Crippen LogP contribution in [0.4, 0.5) is 11.8 Å². The molecular weight excluding hydrogens is 292 g/mol. The minimum Gasteiger partial charge on any atom is -0.493 e. The molecule has 6 heteroatoms. The maximum Gasteiger partial charge on any atom is 0.224 e. The molecule has 0 unspecified atom stereocenters. The van der Waals surface area contributed by atoms with Crippen LogP contribution >= 0.6 is 0 Å². The number of hydrogen-bond donors (Lipinski definition) is 2. The van der Waals surface area contributed by atoms with Crippen LogP contribution in [0.1, 0.15) is 11.3 Å². The first-order valence-corrected chi connectivity index (χ1v) is 7.75. The molecule has 6 nitrogen and oxygen atoms in total. The Morgan fingerprint density at radius 2 is 2.22 bits per heavy atom. The number of rotatable bonds is 5. The number of nitrogens with zero attached hydrogens (tertiary/aromatic N) is 2. The zero-order chi connectivity index (χ0) is 16.2. The lowest BCUT2D eigenvalue weighted by atomic mass is 9.96. The molecule has 0 bridgehead atoms. The smallest absolute Gasteiger partial charge is 0.224 e. The van der Waals surface area contributed by atoms with Gasteiger partial charge in [-0.3, -0.25) is 0 Å². The molecule has 0 aliphatic carbocycles. The lowest BCUT2D eigenvalue weighted by molar-refractivity contribution is 0.218. The molecule has 0 amide bonds. The molecule has 3 rings (SSSR count). The highest BCUT2D eigenvalue weighted by molar-refractivity contribution is 5.48. The summed E-state index contributed by atoms with van der Waals surface area (Å²) in [5.41, 5.74) is 2.12. The van der Waals surface area contributed by atoms with E-state index in [1.165, 1.54) is 5.56 Å². The molecule has 1 aliphatic rings. The standard InChI is InChI=1S/C17H22N4O2/c1-11-7-15(18-2)21-17(20-11)19-9-12-8-13-5-4-6-14(22-3)16(13)23-10-12/h4-7,12H,8-10H2,1-3H3,(H2,18,19,20,21)/t12-/m1/s1. The Morgan fingerprint density at radius 1 is 1.35 bits per heavy atom. The third-order valence-corrected chi connectivity index (χ3v) is 3.91. The number of methoxy groups -OCH3 is 1. The molecule has 0 saturated heterocycles. The predicted molar refractivity (Wildman–Crippen MR) is 90.5 cm³/mol. The summed E-state index contributed by atoms with van der Waals surface area (Å²) in [5.74, 6) is 3.50. The minimum atomic E-state index is 0.372. The number of aromatic nitrogens is 2. The van der Waals surface area contributed by atoms with Crippen molar-refractivity contribution < 1.29 is 9.47 Å². The second kappa shape index (κ2) is 6.73. The minimum absolute atomic E-state index is 0.372. The van der Waals surface area contributed by atoms with E-state index in [2.05, 4.69) is 26.7 Å². The molecule has 122 valence electrons. The van der Waals surface area contributed by atoms with Crippen LogP contribution < -0.4 is 20.1 Å². The van der Waals surface area contributed by atoms with Crippen molar-refractivity contribution in [2.45, 2.75) is 13.3 Å². The maximum absolute atomic E-state index is 5.90. The van der Waals surface area contributed by atoms with Crippen LogP contribution in [0.3, 0.4) is 0 Å². The van der Waals surface area contributed by atoms with Gasteiger partial charge in [0, 0.05) is 31.3 Å². The SMILES string of the molecule is CNc1cc(C)nc(NC[C@@H]2COc3c(cccc3OC)C2)n1. The van der Waals surface area contributed by atoms with Crippen LogP contribution in [0.5, 0.6) is 11.5 Å². The van der Waals surface area contributed by atoms with Crippen LogP contribution in [0.25, 0.3) is 0 Å². The van der Waals surface area contributed by atoms with E-state index in [1.54, 1.807) is 7.11 Å². The van der Waals surface area contributed by atoms with Crippen LogP contribution in [-0.2, 0) is 6.42 Å². The summed E-state index contributed by atoms with van der Waals surface area (Å²) in [5, 5.41) is 6.36. The van der Waals surface area contributed by atoms with Crippen molar-refractivity contribution in [2.24, 2.45) is 5.92 Å². The Bertz CT molecular complexity index is 690. The second-order valence-electron chi connectivity index (χ2n) is 5.68. The molecule has 2 heterocycles. The van der Waals surface area contributed by atoms with Gasteiger partial charge in [-0.15, -0.1) is 0 Å². The molecule has 23 heavy (non-hydrogen) atoms. The summed E-state index contributed by atoms with van der Waals surface area (Å²) in [6.45, 7) is 3.38. The highest BCUT2D eigenvalue weighted by Crippen LogP contribution is 2.35. The van der Waals surface area contributed by atoms with Crippen LogP contribution in [-0.4, -0.2) is 37.3 Å². The average molecular weight is 314 g/mol. The number of ether oxygens (including phenoxy) is 2. The van der Waals surface area contributed by atoms with Gasteiger partial charge in [-0.1, -0.05) is 12.1 Å². The third kappa shape index (κ3) is 3.47. The number of fused-ring (bicyclic) bond motifs is 1. The summed E-state index contributed by atoms with van der Waals surface area (Å²) in [6, 6.07) is 7.93. The molecule has 0 saturated carbocycles. The summed E-state index contributed by atoms with van der Waals surface area (Å²) >= 11 is 0. The van der Waals surface area contributed by atoms with Gasteiger partial charge < -0.3 is 20.1 Å². The van der Waals surface area contributed by atoms with Gasteiger partial charge in [0.1, 0.15) is 5.82 Å². The molecule has 0 spiro atoms. The lowest BCUT2D eigenvalue weighted by Crippen LogP contribution is -2.28. The quantitative estimate of drug-likeness (QED) is 0.884. The maximum atomic E-state index is 5.90. The van der Waals surface area contributed by atoms with Crippen molar-refractivity contribution in [3.05, 3.63) is 35.5 Å². The molecule has 1 aromatic heterocycles. The van der Waals surface area contributed by atoms with Crippen LogP contribution in [0.15, 0.2) is 24.3 Å². The normalized spacial score (nSPS) is 16.2. The molecule has 1 aliphatic heterocycles. The lowest BCUT2D eigenvalue weighted by Gasteiger charge is -2.26. The fourth-order valence-electron chi connectivity index (χ4n) is 2.76. The zero-order valence-corrected chi connectivity index (χ0v) is 13.7. The summed E-state index contributed by atoms with van der Waals surface area (Å²) in [7, 11) is 3.52. The Labute approximate surface area is 136 Å². The van der Waals surface area contributed by atoms with Crippen LogP contribution in [0, 0.1) is 12.8 Å². The van der Waals surface area contributed by atoms with E-state index in [1.807, 2.05) is 32.2 Å². The van der Waals surface area contributed by atoms with Crippen molar-refractivity contribution in [3.8, 4) is 11.5 Å². The second-order valence-corrected chi connectivity index (χ2v) is 5.68. The van der Waals surface area contributed by atoms with Crippen molar-refractivity contribution in [1.82, 2.24) is 9.97 Å². The number of nitrogens with one attached hydrogen (secondary N) is 2. The van der Waals surface area contributed by atoms with E-state index in [9.17, 15) is 0 Å². The highest BCUT2D eigenvalue weighted by atomic mass is 16.5. The van der Waals surface area contributed by atoms with Crippen molar-refractivity contribution in [3.63, 3.8) is 0 Å². The van der Waals surface area contributed by atoms with Gasteiger partial charge in [-0.2, -0.15) is 4.98 Å². The number of aryl methyl sites for hydroxylation is 1. The first-order chi connectivity index (χ1) is 11.2. The Kier molecular flexibility index (Phi) is 4.50. The Morgan fingerprint density at radius 3 is 3.00 bits per heavy atom. The molecule has 1 atom stereocenters. The summed E-state index contributed by atoms with van der Waals surface area (Å²) in [6.07, 6.45) is 0.949. The Hall–Kier alpha value is -2.50. The third-order valence-electron chi connectivity index (χ3n) is 3.91. The van der Waals surface area contributed by atoms with E-state index in [-0.39, 0.29) is 0 Å². The van der Waals surface area contributed by atoms with E-state index in [0.29, 0.717) is 18.5 Å². The topological polar surface area (TPSA) is 68.3 Å². The van der Waals surface area contributed by atoms with Gasteiger partial charge >= 0.3 is 0 Å². The van der Waals surface area contributed by atoms with Gasteiger partial charge in [-0.25, -0.2) is 4.98 Å².